The van der Waals surface area contributed by atoms with Crippen molar-refractivity contribution in [2.75, 3.05) is 13.6 Å². The molecule has 21 heavy (non-hydrogen) atoms. The monoisotopic (exact) mass is 351 g/mol. The third kappa shape index (κ3) is 3.70. The first-order valence-corrected chi connectivity index (χ1v) is 7.84. The van der Waals surface area contributed by atoms with Crippen LogP contribution in [0.15, 0.2) is 33.3 Å². The van der Waals surface area contributed by atoms with E-state index in [0.29, 0.717) is 24.2 Å². The zero-order chi connectivity index (χ0) is 14.8. The number of aliphatic hydroxyl groups is 1. The Bertz CT molecular complexity index is 610. The highest BCUT2D eigenvalue weighted by molar-refractivity contribution is 9.10. The van der Waals surface area contributed by atoms with Crippen LogP contribution in [0.2, 0.25) is 0 Å². The van der Waals surface area contributed by atoms with Gasteiger partial charge in [-0.2, -0.15) is 4.98 Å². The van der Waals surface area contributed by atoms with E-state index in [1.807, 2.05) is 31.3 Å². The van der Waals surface area contributed by atoms with E-state index in [0.717, 1.165) is 29.4 Å². The van der Waals surface area contributed by atoms with E-state index in [-0.39, 0.29) is 6.10 Å². The third-order valence-electron chi connectivity index (χ3n) is 3.74. The maximum atomic E-state index is 9.31. The van der Waals surface area contributed by atoms with E-state index in [4.69, 9.17) is 4.52 Å². The molecule has 0 bridgehead atoms. The lowest BCUT2D eigenvalue weighted by Gasteiger charge is -2.34. The molecular weight excluding hydrogens is 334 g/mol. The molecule has 1 aliphatic rings. The zero-order valence-corrected chi connectivity index (χ0v) is 13.5. The van der Waals surface area contributed by atoms with Crippen LogP contribution in [0.3, 0.4) is 0 Å². The molecule has 112 valence electrons. The molecule has 0 spiro atoms. The minimum Gasteiger partial charge on any atom is -0.393 e. The number of nitrogens with zero attached hydrogens (tertiary/aromatic N) is 3. The van der Waals surface area contributed by atoms with Crippen molar-refractivity contribution < 1.29 is 9.63 Å². The second-order valence-corrected chi connectivity index (χ2v) is 6.63. The van der Waals surface area contributed by atoms with Crippen LogP contribution in [0, 0.1) is 5.92 Å². The van der Waals surface area contributed by atoms with Crippen molar-refractivity contribution >= 4 is 15.9 Å². The lowest BCUT2D eigenvalue weighted by Crippen LogP contribution is -2.36. The van der Waals surface area contributed by atoms with Crippen LogP contribution in [0.5, 0.6) is 0 Å². The van der Waals surface area contributed by atoms with Crippen molar-refractivity contribution in [2.24, 2.45) is 5.92 Å². The Morgan fingerprint density at radius 3 is 2.95 bits per heavy atom. The van der Waals surface area contributed by atoms with E-state index >= 15 is 0 Å². The smallest absolute Gasteiger partial charge is 0.241 e. The number of aromatic nitrogens is 2. The lowest BCUT2D eigenvalue weighted by molar-refractivity contribution is 0.0261. The van der Waals surface area contributed by atoms with Crippen LogP contribution >= 0.6 is 15.9 Å². The lowest BCUT2D eigenvalue weighted by atomic mass is 9.82. The van der Waals surface area contributed by atoms with Crippen LogP contribution in [-0.2, 0) is 6.54 Å². The van der Waals surface area contributed by atoms with Gasteiger partial charge in [0, 0.05) is 16.6 Å². The molecule has 0 saturated heterocycles. The fraction of sp³-hybridized carbons (Fsp3) is 0.467. The molecule has 0 radical (unpaired) electrons. The van der Waals surface area contributed by atoms with Gasteiger partial charge in [-0.25, -0.2) is 0 Å². The summed E-state index contributed by atoms with van der Waals surface area (Å²) in [5.74, 6) is 1.81. The summed E-state index contributed by atoms with van der Waals surface area (Å²) in [4.78, 5) is 6.60. The van der Waals surface area contributed by atoms with Gasteiger partial charge >= 0.3 is 0 Å². The average molecular weight is 352 g/mol. The first-order chi connectivity index (χ1) is 10.1. The van der Waals surface area contributed by atoms with E-state index in [2.05, 4.69) is 31.0 Å². The second-order valence-electron chi connectivity index (χ2n) is 5.71. The Morgan fingerprint density at radius 1 is 1.43 bits per heavy atom. The predicted molar refractivity (Wildman–Crippen MR) is 82.5 cm³/mol. The standard InChI is InChI=1S/C15H18BrN3O2/c1-19(8-10-5-13(20)6-10)9-14-17-15(18-21-14)11-3-2-4-12(16)7-11/h2-4,7,10,13,20H,5-6,8-9H2,1H3. The van der Waals surface area contributed by atoms with Gasteiger partial charge in [0.2, 0.25) is 11.7 Å². The summed E-state index contributed by atoms with van der Waals surface area (Å²) in [6.07, 6.45) is 1.70. The molecule has 1 saturated carbocycles. The van der Waals surface area contributed by atoms with Crippen LogP contribution < -0.4 is 0 Å². The predicted octanol–water partition coefficient (Wildman–Crippen LogP) is 2.70. The first-order valence-electron chi connectivity index (χ1n) is 7.05. The molecular formula is C15H18BrN3O2. The minimum absolute atomic E-state index is 0.102. The van der Waals surface area contributed by atoms with Crippen LogP contribution in [-0.4, -0.2) is 39.8 Å². The summed E-state index contributed by atoms with van der Waals surface area (Å²) in [5.41, 5.74) is 0.934. The van der Waals surface area contributed by atoms with Gasteiger partial charge < -0.3 is 9.63 Å². The molecule has 1 N–H and O–H groups in total. The van der Waals surface area contributed by atoms with Gasteiger partial charge in [-0.05, 0) is 37.9 Å². The highest BCUT2D eigenvalue weighted by Crippen LogP contribution is 2.28. The van der Waals surface area contributed by atoms with Gasteiger partial charge in [0.15, 0.2) is 0 Å². The van der Waals surface area contributed by atoms with Gasteiger partial charge in [0.05, 0.1) is 12.6 Å². The molecule has 0 atom stereocenters. The molecule has 0 aliphatic heterocycles. The molecule has 1 aliphatic carbocycles. The highest BCUT2D eigenvalue weighted by Gasteiger charge is 2.28. The summed E-state index contributed by atoms with van der Waals surface area (Å²) in [5, 5.41) is 13.3. The SMILES string of the molecule is CN(Cc1nc(-c2cccc(Br)c2)no1)CC1CC(O)C1. The van der Waals surface area contributed by atoms with Crippen LogP contribution in [0.4, 0.5) is 0 Å². The van der Waals surface area contributed by atoms with Crippen molar-refractivity contribution in [1.29, 1.82) is 0 Å². The van der Waals surface area contributed by atoms with Crippen molar-refractivity contribution in [3.63, 3.8) is 0 Å². The molecule has 5 nitrogen and oxygen atoms in total. The maximum absolute atomic E-state index is 9.31. The van der Waals surface area contributed by atoms with Gasteiger partial charge in [0.1, 0.15) is 0 Å². The normalized spacial score (nSPS) is 21.5. The summed E-state index contributed by atoms with van der Waals surface area (Å²) >= 11 is 3.44. The van der Waals surface area contributed by atoms with Crippen molar-refractivity contribution in [2.45, 2.75) is 25.5 Å². The van der Waals surface area contributed by atoms with Gasteiger partial charge in [-0.3, -0.25) is 4.90 Å². The molecule has 6 heteroatoms. The van der Waals surface area contributed by atoms with E-state index in [1.165, 1.54) is 0 Å². The van der Waals surface area contributed by atoms with Gasteiger partial charge in [-0.15, -0.1) is 0 Å². The highest BCUT2D eigenvalue weighted by atomic mass is 79.9. The number of benzene rings is 1. The molecule has 1 fully saturated rings. The Labute approximate surface area is 132 Å². The summed E-state index contributed by atoms with van der Waals surface area (Å²) < 4.78 is 6.31. The molecule has 2 aromatic rings. The fourth-order valence-electron chi connectivity index (χ4n) is 2.65. The van der Waals surface area contributed by atoms with E-state index < -0.39 is 0 Å². The maximum Gasteiger partial charge on any atom is 0.241 e. The van der Waals surface area contributed by atoms with Gasteiger partial charge in [-0.1, -0.05) is 33.2 Å². The Hall–Kier alpha value is -1.24. The Balaban J connectivity index is 1.60. The zero-order valence-electron chi connectivity index (χ0n) is 11.9. The number of rotatable bonds is 5. The average Bonchev–Trinajstić information content (AvgIpc) is 2.85. The number of hydrogen-bond acceptors (Lipinski definition) is 5. The number of aliphatic hydroxyl groups excluding tert-OH is 1. The van der Waals surface area contributed by atoms with Gasteiger partial charge in [0.25, 0.3) is 0 Å². The molecule has 1 heterocycles. The van der Waals surface area contributed by atoms with Crippen molar-refractivity contribution in [3.8, 4) is 11.4 Å². The quantitative estimate of drug-likeness (QED) is 0.897. The molecule has 0 unspecified atom stereocenters. The van der Waals surface area contributed by atoms with Crippen molar-refractivity contribution in [1.82, 2.24) is 15.0 Å². The third-order valence-corrected chi connectivity index (χ3v) is 4.23. The Kier molecular flexibility index (Phi) is 4.37. The summed E-state index contributed by atoms with van der Waals surface area (Å²) in [7, 11) is 2.04. The first kappa shape index (κ1) is 14.7. The molecule has 1 aromatic heterocycles. The van der Waals surface area contributed by atoms with Crippen LogP contribution in [0.1, 0.15) is 18.7 Å². The van der Waals surface area contributed by atoms with Crippen molar-refractivity contribution in [3.05, 3.63) is 34.6 Å². The van der Waals surface area contributed by atoms with Crippen LogP contribution in [0.25, 0.3) is 11.4 Å². The molecule has 3 rings (SSSR count). The minimum atomic E-state index is -0.102. The second kappa shape index (κ2) is 6.25. The summed E-state index contributed by atoms with van der Waals surface area (Å²) in [6, 6.07) is 7.84. The number of hydrogen-bond donors (Lipinski definition) is 1. The topological polar surface area (TPSA) is 62.4 Å². The molecule has 0 amide bonds. The summed E-state index contributed by atoms with van der Waals surface area (Å²) in [6.45, 7) is 1.58. The molecule has 1 aromatic carbocycles. The van der Waals surface area contributed by atoms with E-state index in [9.17, 15) is 5.11 Å². The largest absolute Gasteiger partial charge is 0.393 e. The van der Waals surface area contributed by atoms with E-state index in [1.54, 1.807) is 0 Å². The number of halogens is 1. The fourth-order valence-corrected chi connectivity index (χ4v) is 3.05. The Morgan fingerprint density at radius 2 is 2.24 bits per heavy atom.